The number of amides is 1. The van der Waals surface area contributed by atoms with Gasteiger partial charge in [0.05, 0.1) is 16.1 Å². The van der Waals surface area contributed by atoms with E-state index >= 15 is 0 Å². The predicted molar refractivity (Wildman–Crippen MR) is 101 cm³/mol. The second-order valence-corrected chi connectivity index (χ2v) is 8.42. The van der Waals surface area contributed by atoms with E-state index in [1.165, 1.54) is 6.92 Å². The maximum Gasteiger partial charge on any atom is 0.418 e. The summed E-state index contributed by atoms with van der Waals surface area (Å²) in [5, 5.41) is 2.35. The van der Waals surface area contributed by atoms with E-state index in [1.807, 2.05) is 4.72 Å². The second-order valence-electron chi connectivity index (χ2n) is 6.76. The highest BCUT2D eigenvalue weighted by molar-refractivity contribution is 7.92. The average Bonchev–Trinajstić information content (AvgIpc) is 3.16. The molecule has 0 aromatic heterocycles. The van der Waals surface area contributed by atoms with Crippen LogP contribution in [0.5, 0.6) is 0 Å². The molecular formula is C19H18F4N2O4S. The molecule has 0 aliphatic carbocycles. The lowest BCUT2D eigenvalue weighted by molar-refractivity contribution is -0.137. The summed E-state index contributed by atoms with van der Waals surface area (Å²) >= 11 is 0. The molecule has 2 aromatic carbocycles. The molecule has 162 valence electrons. The van der Waals surface area contributed by atoms with Crippen LogP contribution in [0.25, 0.3) is 0 Å². The Bertz CT molecular complexity index is 1060. The zero-order valence-electron chi connectivity index (χ0n) is 15.7. The van der Waals surface area contributed by atoms with Crippen LogP contribution in [-0.4, -0.2) is 27.0 Å². The summed E-state index contributed by atoms with van der Waals surface area (Å²) in [6.07, 6.45) is -4.50. The molecule has 1 fully saturated rings. The van der Waals surface area contributed by atoms with E-state index in [1.54, 1.807) is 0 Å². The minimum atomic E-state index is -4.90. The lowest BCUT2D eigenvalue weighted by atomic mass is 10.1. The quantitative estimate of drug-likeness (QED) is 0.679. The molecule has 3 rings (SSSR count). The Balaban J connectivity index is 1.91. The van der Waals surface area contributed by atoms with Gasteiger partial charge in [-0.2, -0.15) is 13.2 Å². The summed E-state index contributed by atoms with van der Waals surface area (Å²) in [6.45, 7) is 1.72. The Morgan fingerprint density at radius 3 is 2.50 bits per heavy atom. The summed E-state index contributed by atoms with van der Waals surface area (Å²) in [4.78, 5) is 11.7. The Hall–Kier alpha value is -2.66. The van der Waals surface area contributed by atoms with Crippen LogP contribution in [0.1, 0.15) is 24.0 Å². The summed E-state index contributed by atoms with van der Waals surface area (Å²) in [5.74, 6) is -1.25. The maximum absolute atomic E-state index is 13.6. The van der Waals surface area contributed by atoms with Gasteiger partial charge < -0.3 is 10.1 Å². The van der Waals surface area contributed by atoms with Crippen molar-refractivity contribution in [1.29, 1.82) is 0 Å². The number of ether oxygens (including phenoxy) is 1. The Morgan fingerprint density at radius 2 is 1.90 bits per heavy atom. The zero-order chi connectivity index (χ0) is 22.1. The maximum atomic E-state index is 13.6. The van der Waals surface area contributed by atoms with E-state index in [2.05, 4.69) is 5.32 Å². The van der Waals surface area contributed by atoms with Gasteiger partial charge in [-0.15, -0.1) is 0 Å². The number of benzene rings is 2. The molecule has 6 nitrogen and oxygen atoms in total. The smallest absolute Gasteiger partial charge is 0.368 e. The minimum absolute atomic E-state index is 0.0384. The molecule has 0 bridgehead atoms. The standard InChI is InChI=1S/C19H18F4N2O4S/c1-11-9-12(20)4-7-17(11)30(27,28)25-15-6-5-13(10-14(15)19(21,22)23)24-18(26)16-3-2-8-29-16/h4-7,9-10,16,25H,2-3,8H2,1H3,(H,24,26). The number of nitrogens with one attached hydrogen (secondary N) is 2. The summed E-state index contributed by atoms with van der Waals surface area (Å²) in [6, 6.07) is 5.53. The number of aryl methyl sites for hydroxylation is 1. The number of halogens is 4. The largest absolute Gasteiger partial charge is 0.418 e. The number of hydrogen-bond acceptors (Lipinski definition) is 4. The number of carbonyl (C=O) groups excluding carboxylic acids is 1. The van der Waals surface area contributed by atoms with E-state index in [4.69, 9.17) is 4.74 Å². The van der Waals surface area contributed by atoms with Crippen molar-refractivity contribution in [2.75, 3.05) is 16.6 Å². The van der Waals surface area contributed by atoms with Gasteiger partial charge in [-0.25, -0.2) is 12.8 Å². The fourth-order valence-electron chi connectivity index (χ4n) is 3.07. The first-order valence-corrected chi connectivity index (χ1v) is 10.4. The van der Waals surface area contributed by atoms with Crippen molar-refractivity contribution in [3.05, 3.63) is 53.3 Å². The molecule has 1 amide bonds. The molecule has 1 unspecified atom stereocenters. The van der Waals surface area contributed by atoms with Crippen LogP contribution in [0, 0.1) is 12.7 Å². The van der Waals surface area contributed by atoms with Crippen LogP contribution in [0.15, 0.2) is 41.3 Å². The predicted octanol–water partition coefficient (Wildman–Crippen LogP) is 4.07. The van der Waals surface area contributed by atoms with Crippen molar-refractivity contribution in [1.82, 2.24) is 0 Å². The molecule has 1 aliphatic heterocycles. The Morgan fingerprint density at radius 1 is 1.17 bits per heavy atom. The highest BCUT2D eigenvalue weighted by atomic mass is 32.2. The van der Waals surface area contributed by atoms with Crippen LogP contribution in [0.3, 0.4) is 0 Å². The molecule has 0 spiro atoms. The molecule has 1 aliphatic rings. The molecule has 0 radical (unpaired) electrons. The lowest BCUT2D eigenvalue weighted by Crippen LogP contribution is -2.27. The van der Waals surface area contributed by atoms with E-state index in [-0.39, 0.29) is 16.1 Å². The number of sulfonamides is 1. The van der Waals surface area contributed by atoms with Gasteiger partial charge in [-0.05, 0) is 61.7 Å². The SMILES string of the molecule is Cc1cc(F)ccc1S(=O)(=O)Nc1ccc(NC(=O)C2CCCO2)cc1C(F)(F)F. The van der Waals surface area contributed by atoms with Gasteiger partial charge in [-0.3, -0.25) is 9.52 Å². The van der Waals surface area contributed by atoms with Gasteiger partial charge in [-0.1, -0.05) is 0 Å². The first kappa shape index (κ1) is 22.0. The average molecular weight is 446 g/mol. The number of anilines is 2. The monoisotopic (exact) mass is 446 g/mol. The van der Waals surface area contributed by atoms with E-state index in [0.717, 1.165) is 30.3 Å². The highest BCUT2D eigenvalue weighted by Gasteiger charge is 2.35. The van der Waals surface area contributed by atoms with Crippen molar-refractivity contribution >= 4 is 27.3 Å². The molecule has 1 heterocycles. The minimum Gasteiger partial charge on any atom is -0.368 e. The molecule has 11 heteroatoms. The number of alkyl halides is 3. The molecule has 0 saturated carbocycles. The summed E-state index contributed by atoms with van der Waals surface area (Å²) in [5.41, 5.74) is -2.11. The van der Waals surface area contributed by atoms with E-state index in [0.29, 0.717) is 25.5 Å². The molecule has 30 heavy (non-hydrogen) atoms. The van der Waals surface area contributed by atoms with Crippen molar-refractivity contribution in [3.63, 3.8) is 0 Å². The van der Waals surface area contributed by atoms with Crippen molar-refractivity contribution in [2.45, 2.75) is 36.9 Å². The van der Waals surface area contributed by atoms with Crippen molar-refractivity contribution < 1.29 is 35.5 Å². The highest BCUT2D eigenvalue weighted by Crippen LogP contribution is 2.37. The summed E-state index contributed by atoms with van der Waals surface area (Å²) in [7, 11) is -4.42. The van der Waals surface area contributed by atoms with E-state index in [9.17, 15) is 30.8 Å². The van der Waals surface area contributed by atoms with Crippen molar-refractivity contribution in [3.8, 4) is 0 Å². The third kappa shape index (κ3) is 4.90. The fraction of sp³-hybridized carbons (Fsp3) is 0.316. The third-order valence-corrected chi connectivity index (χ3v) is 6.01. The molecular weight excluding hydrogens is 428 g/mol. The van der Waals surface area contributed by atoms with Crippen LogP contribution in [0.4, 0.5) is 28.9 Å². The number of rotatable bonds is 5. The first-order valence-electron chi connectivity index (χ1n) is 8.90. The van der Waals surface area contributed by atoms with Crippen LogP contribution in [0.2, 0.25) is 0 Å². The number of carbonyl (C=O) groups is 1. The van der Waals surface area contributed by atoms with Crippen LogP contribution < -0.4 is 10.0 Å². The van der Waals surface area contributed by atoms with Crippen LogP contribution >= 0.6 is 0 Å². The van der Waals surface area contributed by atoms with Gasteiger partial charge in [0.15, 0.2) is 0 Å². The van der Waals surface area contributed by atoms with Crippen molar-refractivity contribution in [2.24, 2.45) is 0 Å². The van der Waals surface area contributed by atoms with Gasteiger partial charge in [0.25, 0.3) is 15.9 Å². The molecule has 1 saturated heterocycles. The van der Waals surface area contributed by atoms with Gasteiger partial charge >= 0.3 is 6.18 Å². The topological polar surface area (TPSA) is 84.5 Å². The van der Waals surface area contributed by atoms with Gasteiger partial charge in [0.2, 0.25) is 0 Å². The third-order valence-electron chi connectivity index (χ3n) is 4.49. The molecule has 2 N–H and O–H groups in total. The second kappa shape index (κ2) is 8.23. The van der Waals surface area contributed by atoms with Gasteiger partial charge in [0.1, 0.15) is 11.9 Å². The fourth-order valence-corrected chi connectivity index (χ4v) is 4.37. The van der Waals surface area contributed by atoms with Gasteiger partial charge in [0, 0.05) is 12.3 Å². The normalized spacial score (nSPS) is 17.0. The van der Waals surface area contributed by atoms with E-state index < -0.39 is 45.3 Å². The Labute approximate surface area is 170 Å². The van der Waals surface area contributed by atoms with Crippen LogP contribution in [-0.2, 0) is 25.7 Å². The summed E-state index contributed by atoms with van der Waals surface area (Å²) < 4.78 is 86.1. The molecule has 1 atom stereocenters. The zero-order valence-corrected chi connectivity index (χ0v) is 16.5. The number of hydrogen-bond donors (Lipinski definition) is 2. The first-order chi connectivity index (χ1) is 14.0. The Kier molecular flexibility index (Phi) is 6.04. The molecule has 2 aromatic rings. The lowest BCUT2D eigenvalue weighted by Gasteiger charge is -2.18.